The number of hydrogen-bond donors (Lipinski definition) is 1. The molecule has 92 valence electrons. The van der Waals surface area contributed by atoms with E-state index in [-0.39, 0.29) is 0 Å². The van der Waals surface area contributed by atoms with Gasteiger partial charge in [0.15, 0.2) is 0 Å². The zero-order valence-corrected chi connectivity index (χ0v) is 10.9. The van der Waals surface area contributed by atoms with E-state index in [4.69, 9.17) is 4.42 Å². The first kappa shape index (κ1) is 13.5. The Morgan fingerprint density at radius 2 is 2.19 bits per heavy atom. The highest BCUT2D eigenvalue weighted by molar-refractivity contribution is 7.99. The number of rotatable bonds is 9. The molecule has 1 N–H and O–H groups in total. The number of nitrogens with zero attached hydrogens (tertiary/aromatic N) is 2. The highest BCUT2D eigenvalue weighted by atomic mass is 32.2. The molecule has 0 saturated carbocycles. The molecule has 4 nitrogen and oxygen atoms in total. The van der Waals surface area contributed by atoms with Gasteiger partial charge in [0.05, 0.1) is 6.20 Å². The predicted octanol–water partition coefficient (Wildman–Crippen LogP) is 1.70. The van der Waals surface area contributed by atoms with Crippen molar-refractivity contribution in [2.45, 2.75) is 19.1 Å². The molecule has 0 radical (unpaired) electrons. The van der Waals surface area contributed by atoms with Crippen LogP contribution in [-0.4, -0.2) is 48.4 Å². The van der Waals surface area contributed by atoms with Crippen molar-refractivity contribution in [3.63, 3.8) is 0 Å². The lowest BCUT2D eigenvalue weighted by Gasteiger charge is -2.17. The summed E-state index contributed by atoms with van der Waals surface area (Å²) in [5.74, 6) is 0.999. The first-order chi connectivity index (χ1) is 7.86. The van der Waals surface area contributed by atoms with E-state index in [1.165, 1.54) is 0 Å². The predicted molar refractivity (Wildman–Crippen MR) is 67.9 cm³/mol. The summed E-state index contributed by atoms with van der Waals surface area (Å²) in [4.78, 5) is 6.46. The van der Waals surface area contributed by atoms with Gasteiger partial charge in [-0.05, 0) is 13.1 Å². The molecule has 0 bridgehead atoms. The largest absolute Gasteiger partial charge is 0.440 e. The molecule has 1 aromatic heterocycles. The third kappa shape index (κ3) is 5.53. The molecule has 0 aliphatic rings. The van der Waals surface area contributed by atoms with Crippen LogP contribution in [0, 0.1) is 0 Å². The molecule has 5 heteroatoms. The molecular formula is C11H21N3OS. The van der Waals surface area contributed by atoms with Crippen LogP contribution in [0.3, 0.4) is 0 Å². The average Bonchev–Trinajstić information content (AvgIpc) is 2.81. The Kier molecular flexibility index (Phi) is 7.29. The van der Waals surface area contributed by atoms with Crippen LogP contribution >= 0.6 is 11.8 Å². The molecule has 0 aliphatic carbocycles. The van der Waals surface area contributed by atoms with Gasteiger partial charge in [0.25, 0.3) is 5.22 Å². The zero-order valence-electron chi connectivity index (χ0n) is 10.1. The quantitative estimate of drug-likeness (QED) is 0.528. The summed E-state index contributed by atoms with van der Waals surface area (Å²) >= 11 is 1.64. The number of thioether (sulfide) groups is 1. The summed E-state index contributed by atoms with van der Waals surface area (Å²) in [6.45, 7) is 9.81. The molecule has 1 rings (SSSR count). The lowest BCUT2D eigenvalue weighted by molar-refractivity contribution is 0.303. The third-order valence-corrected chi connectivity index (χ3v) is 3.27. The van der Waals surface area contributed by atoms with Gasteiger partial charge in [-0.2, -0.15) is 0 Å². The van der Waals surface area contributed by atoms with Gasteiger partial charge in [-0.3, -0.25) is 0 Å². The van der Waals surface area contributed by atoms with Gasteiger partial charge < -0.3 is 14.6 Å². The molecule has 1 aromatic rings. The van der Waals surface area contributed by atoms with Crippen LogP contribution in [0.15, 0.2) is 22.1 Å². The van der Waals surface area contributed by atoms with Gasteiger partial charge in [0, 0.05) is 25.4 Å². The van der Waals surface area contributed by atoms with Crippen molar-refractivity contribution in [2.75, 3.05) is 38.5 Å². The molecule has 0 atom stereocenters. The fraction of sp³-hybridized carbons (Fsp3) is 0.727. The number of hydrogen-bond acceptors (Lipinski definition) is 5. The van der Waals surface area contributed by atoms with Crippen molar-refractivity contribution in [1.29, 1.82) is 0 Å². The van der Waals surface area contributed by atoms with Crippen LogP contribution < -0.4 is 5.32 Å². The molecule has 0 fully saturated rings. The van der Waals surface area contributed by atoms with E-state index in [9.17, 15) is 0 Å². The monoisotopic (exact) mass is 243 g/mol. The van der Waals surface area contributed by atoms with Crippen molar-refractivity contribution in [3.05, 3.63) is 12.5 Å². The lowest BCUT2D eigenvalue weighted by Crippen LogP contribution is -2.32. The maximum atomic E-state index is 5.13. The van der Waals surface area contributed by atoms with Crippen LogP contribution in [0.5, 0.6) is 0 Å². The van der Waals surface area contributed by atoms with Crippen molar-refractivity contribution in [3.8, 4) is 0 Å². The fourth-order valence-electron chi connectivity index (χ4n) is 1.39. The number of aromatic nitrogens is 1. The van der Waals surface area contributed by atoms with Crippen molar-refractivity contribution in [2.24, 2.45) is 0 Å². The molecule has 0 unspecified atom stereocenters. The topological polar surface area (TPSA) is 41.3 Å². The fourth-order valence-corrected chi connectivity index (χ4v) is 2.07. The smallest absolute Gasteiger partial charge is 0.255 e. The highest BCUT2D eigenvalue weighted by Crippen LogP contribution is 2.13. The summed E-state index contributed by atoms with van der Waals surface area (Å²) in [6, 6.07) is 0. The van der Waals surface area contributed by atoms with Gasteiger partial charge >= 0.3 is 0 Å². The standard InChI is InChI=1S/C11H21N3OS/c1-3-14(4-2)8-5-12-7-10-16-11-13-6-9-15-11/h6,9,12H,3-5,7-8,10H2,1-2H3. The van der Waals surface area contributed by atoms with Crippen LogP contribution in [0.4, 0.5) is 0 Å². The minimum atomic E-state index is 0.755. The Morgan fingerprint density at radius 3 is 2.81 bits per heavy atom. The molecule has 0 aromatic carbocycles. The van der Waals surface area contributed by atoms with E-state index in [2.05, 4.69) is 29.0 Å². The first-order valence-electron chi connectivity index (χ1n) is 5.82. The van der Waals surface area contributed by atoms with E-state index < -0.39 is 0 Å². The lowest BCUT2D eigenvalue weighted by atomic mass is 10.4. The Balaban J connectivity index is 1.92. The Hall–Kier alpha value is -0.520. The van der Waals surface area contributed by atoms with E-state index >= 15 is 0 Å². The second kappa shape index (κ2) is 8.61. The first-order valence-corrected chi connectivity index (χ1v) is 6.80. The molecular weight excluding hydrogens is 222 g/mol. The Labute approximate surface area is 102 Å². The maximum Gasteiger partial charge on any atom is 0.255 e. The molecule has 0 saturated heterocycles. The van der Waals surface area contributed by atoms with Gasteiger partial charge in [0.1, 0.15) is 6.26 Å². The summed E-state index contributed by atoms with van der Waals surface area (Å²) in [6.07, 6.45) is 3.28. The van der Waals surface area contributed by atoms with Crippen LogP contribution in [0.25, 0.3) is 0 Å². The molecule has 1 heterocycles. The normalized spacial score (nSPS) is 11.2. The molecule has 0 aliphatic heterocycles. The van der Waals surface area contributed by atoms with Crippen LogP contribution in [0.1, 0.15) is 13.8 Å². The number of oxazole rings is 1. The van der Waals surface area contributed by atoms with Gasteiger partial charge in [-0.25, -0.2) is 4.98 Å². The maximum absolute atomic E-state index is 5.13. The average molecular weight is 243 g/mol. The third-order valence-electron chi connectivity index (χ3n) is 2.41. The summed E-state index contributed by atoms with van der Waals surface area (Å²) < 4.78 is 5.13. The van der Waals surface area contributed by atoms with Crippen molar-refractivity contribution in [1.82, 2.24) is 15.2 Å². The summed E-state index contributed by atoms with van der Waals surface area (Å²) in [5, 5.41) is 4.17. The van der Waals surface area contributed by atoms with E-state index in [0.717, 1.165) is 43.7 Å². The van der Waals surface area contributed by atoms with Gasteiger partial charge in [0.2, 0.25) is 0 Å². The molecule has 0 amide bonds. The second-order valence-corrected chi connectivity index (χ2v) is 4.47. The Bertz CT molecular complexity index is 250. The second-order valence-electron chi connectivity index (χ2n) is 3.42. The Morgan fingerprint density at radius 1 is 1.38 bits per heavy atom. The van der Waals surface area contributed by atoms with Gasteiger partial charge in [-0.15, -0.1) is 0 Å². The summed E-state index contributed by atoms with van der Waals surface area (Å²) in [7, 11) is 0. The van der Waals surface area contributed by atoms with Gasteiger partial charge in [-0.1, -0.05) is 25.6 Å². The SMILES string of the molecule is CCN(CC)CCNCCSc1ncco1. The van der Waals surface area contributed by atoms with Crippen molar-refractivity contribution >= 4 is 11.8 Å². The minimum absolute atomic E-state index is 0.755. The van der Waals surface area contributed by atoms with E-state index in [0.29, 0.717) is 0 Å². The number of nitrogens with one attached hydrogen (secondary N) is 1. The summed E-state index contributed by atoms with van der Waals surface area (Å²) in [5.41, 5.74) is 0. The highest BCUT2D eigenvalue weighted by Gasteiger charge is 1.99. The van der Waals surface area contributed by atoms with Crippen molar-refractivity contribution < 1.29 is 4.42 Å². The van der Waals surface area contributed by atoms with Crippen LogP contribution in [-0.2, 0) is 0 Å². The zero-order chi connectivity index (χ0) is 11.6. The molecule has 16 heavy (non-hydrogen) atoms. The van der Waals surface area contributed by atoms with E-state index in [1.54, 1.807) is 24.2 Å². The molecule has 0 spiro atoms. The minimum Gasteiger partial charge on any atom is -0.440 e. The number of likely N-dealkylation sites (N-methyl/N-ethyl adjacent to an activating group) is 1. The van der Waals surface area contributed by atoms with Crippen LogP contribution in [0.2, 0.25) is 0 Å². The van der Waals surface area contributed by atoms with E-state index in [1.807, 2.05) is 0 Å².